The number of nitrogens with two attached hydrogens (primary N) is 1. The highest BCUT2D eigenvalue weighted by molar-refractivity contribution is 5.67. The fourth-order valence-corrected chi connectivity index (χ4v) is 1.69. The number of aryl methyl sites for hydroxylation is 1. The second-order valence-corrected chi connectivity index (χ2v) is 5.97. The number of carbonyl (C=O) groups excluding carboxylic acids is 1. The van der Waals surface area contributed by atoms with E-state index < -0.39 is 11.7 Å². The Morgan fingerprint density at radius 2 is 2.10 bits per heavy atom. The van der Waals surface area contributed by atoms with Gasteiger partial charge in [-0.1, -0.05) is 12.1 Å². The van der Waals surface area contributed by atoms with Gasteiger partial charge in [-0.25, -0.2) is 4.79 Å². The van der Waals surface area contributed by atoms with E-state index in [2.05, 4.69) is 5.32 Å². The summed E-state index contributed by atoms with van der Waals surface area (Å²) in [4.78, 5) is 11.5. The molecule has 0 spiro atoms. The molecule has 0 aliphatic carbocycles. The number of phenols is 1. The van der Waals surface area contributed by atoms with Gasteiger partial charge in [0.2, 0.25) is 0 Å². The summed E-state index contributed by atoms with van der Waals surface area (Å²) < 4.78 is 5.13. The van der Waals surface area contributed by atoms with E-state index in [1.807, 2.05) is 39.8 Å². The van der Waals surface area contributed by atoms with Crippen LogP contribution in [0, 0.1) is 6.92 Å². The van der Waals surface area contributed by atoms with Gasteiger partial charge in [-0.3, -0.25) is 0 Å². The Kier molecular flexibility index (Phi) is 5.39. The summed E-state index contributed by atoms with van der Waals surface area (Å²) in [5.74, 6) is 0.259. The maximum absolute atomic E-state index is 11.5. The summed E-state index contributed by atoms with van der Waals surface area (Å²) in [6.45, 7) is 7.58. The summed E-state index contributed by atoms with van der Waals surface area (Å²) >= 11 is 0. The summed E-state index contributed by atoms with van der Waals surface area (Å²) in [7, 11) is 0. The molecule has 5 heteroatoms. The molecule has 112 valence electrons. The van der Waals surface area contributed by atoms with Gasteiger partial charge in [-0.2, -0.15) is 0 Å². The van der Waals surface area contributed by atoms with Crippen LogP contribution in [-0.4, -0.2) is 29.4 Å². The van der Waals surface area contributed by atoms with E-state index in [0.29, 0.717) is 13.0 Å². The summed E-state index contributed by atoms with van der Waals surface area (Å²) in [5.41, 5.74) is 7.20. The zero-order valence-corrected chi connectivity index (χ0v) is 12.6. The monoisotopic (exact) mass is 280 g/mol. The predicted octanol–water partition coefficient (Wildman–Crippen LogP) is 2.10. The van der Waals surface area contributed by atoms with Crippen LogP contribution in [0.15, 0.2) is 18.2 Å². The van der Waals surface area contributed by atoms with E-state index in [0.717, 1.165) is 11.1 Å². The van der Waals surface area contributed by atoms with Gasteiger partial charge in [-0.05, 0) is 51.3 Å². The standard InChI is InChI=1S/C15H24N2O3/c1-10-5-6-11(8-13(10)18)7-12(16)9-17-14(19)20-15(2,3)4/h5-6,8,12,18H,7,9,16H2,1-4H3,(H,17,19). The summed E-state index contributed by atoms with van der Waals surface area (Å²) in [6, 6.07) is 5.23. The van der Waals surface area contributed by atoms with Crippen molar-refractivity contribution in [3.63, 3.8) is 0 Å². The number of hydrogen-bond acceptors (Lipinski definition) is 4. The zero-order valence-electron chi connectivity index (χ0n) is 12.6. The number of carbonyl (C=O) groups is 1. The molecule has 20 heavy (non-hydrogen) atoms. The van der Waals surface area contributed by atoms with Crippen molar-refractivity contribution in [1.82, 2.24) is 5.32 Å². The number of alkyl carbamates (subject to hydrolysis) is 1. The molecular weight excluding hydrogens is 256 g/mol. The van der Waals surface area contributed by atoms with Crippen LogP contribution in [0.4, 0.5) is 4.79 Å². The molecule has 0 aromatic heterocycles. The van der Waals surface area contributed by atoms with Crippen molar-refractivity contribution >= 4 is 6.09 Å². The van der Waals surface area contributed by atoms with Crippen LogP contribution >= 0.6 is 0 Å². The molecule has 1 unspecified atom stereocenters. The third kappa shape index (κ3) is 5.93. The molecule has 0 aliphatic rings. The lowest BCUT2D eigenvalue weighted by atomic mass is 10.0. The van der Waals surface area contributed by atoms with Gasteiger partial charge in [0.25, 0.3) is 0 Å². The fraction of sp³-hybridized carbons (Fsp3) is 0.533. The highest BCUT2D eigenvalue weighted by atomic mass is 16.6. The molecule has 0 bridgehead atoms. The van der Waals surface area contributed by atoms with Gasteiger partial charge in [0.1, 0.15) is 11.4 Å². The average molecular weight is 280 g/mol. The molecule has 5 nitrogen and oxygen atoms in total. The Morgan fingerprint density at radius 3 is 2.65 bits per heavy atom. The number of aromatic hydroxyl groups is 1. The van der Waals surface area contributed by atoms with Crippen LogP contribution in [0.25, 0.3) is 0 Å². The Morgan fingerprint density at radius 1 is 1.45 bits per heavy atom. The molecule has 1 atom stereocenters. The van der Waals surface area contributed by atoms with E-state index in [9.17, 15) is 9.90 Å². The minimum Gasteiger partial charge on any atom is -0.508 e. The molecule has 0 heterocycles. The van der Waals surface area contributed by atoms with E-state index in [4.69, 9.17) is 10.5 Å². The first-order valence-corrected chi connectivity index (χ1v) is 6.68. The molecule has 0 aliphatic heterocycles. The quantitative estimate of drug-likeness (QED) is 0.788. The van der Waals surface area contributed by atoms with Crippen molar-refractivity contribution in [3.8, 4) is 5.75 Å². The first kappa shape index (κ1) is 16.3. The van der Waals surface area contributed by atoms with Gasteiger partial charge >= 0.3 is 6.09 Å². The van der Waals surface area contributed by atoms with Crippen molar-refractivity contribution in [2.24, 2.45) is 5.73 Å². The van der Waals surface area contributed by atoms with Crippen LogP contribution in [0.5, 0.6) is 5.75 Å². The van der Waals surface area contributed by atoms with Crippen molar-refractivity contribution in [3.05, 3.63) is 29.3 Å². The molecule has 1 aromatic rings. The van der Waals surface area contributed by atoms with E-state index in [1.165, 1.54) is 0 Å². The Hall–Kier alpha value is -1.75. The second kappa shape index (κ2) is 6.61. The van der Waals surface area contributed by atoms with E-state index in [1.54, 1.807) is 6.07 Å². The highest BCUT2D eigenvalue weighted by Gasteiger charge is 2.16. The average Bonchev–Trinajstić information content (AvgIpc) is 2.29. The van der Waals surface area contributed by atoms with E-state index >= 15 is 0 Å². The van der Waals surface area contributed by atoms with Crippen LogP contribution < -0.4 is 11.1 Å². The van der Waals surface area contributed by atoms with Gasteiger partial charge < -0.3 is 20.9 Å². The Balaban J connectivity index is 2.42. The van der Waals surface area contributed by atoms with Crippen molar-refractivity contribution in [2.75, 3.05) is 6.54 Å². The maximum atomic E-state index is 11.5. The van der Waals surface area contributed by atoms with Gasteiger partial charge in [0.05, 0.1) is 0 Å². The van der Waals surface area contributed by atoms with Crippen LogP contribution in [-0.2, 0) is 11.2 Å². The highest BCUT2D eigenvalue weighted by Crippen LogP contribution is 2.18. The lowest BCUT2D eigenvalue weighted by Crippen LogP contribution is -2.41. The SMILES string of the molecule is Cc1ccc(CC(N)CNC(=O)OC(C)(C)C)cc1O. The number of ether oxygens (including phenoxy) is 1. The molecule has 0 radical (unpaired) electrons. The third-order valence-electron chi connectivity index (χ3n) is 2.68. The second-order valence-electron chi connectivity index (χ2n) is 5.97. The summed E-state index contributed by atoms with van der Waals surface area (Å²) in [5, 5.41) is 12.3. The lowest BCUT2D eigenvalue weighted by Gasteiger charge is -2.20. The van der Waals surface area contributed by atoms with Gasteiger partial charge in [0.15, 0.2) is 0 Å². The topological polar surface area (TPSA) is 84.6 Å². The van der Waals surface area contributed by atoms with E-state index in [-0.39, 0.29) is 11.8 Å². The maximum Gasteiger partial charge on any atom is 0.407 e. The molecule has 1 aromatic carbocycles. The molecule has 0 fully saturated rings. The number of nitrogens with one attached hydrogen (secondary N) is 1. The molecule has 0 saturated heterocycles. The number of phenolic OH excluding ortho intramolecular Hbond substituents is 1. The van der Waals surface area contributed by atoms with Crippen molar-refractivity contribution in [1.29, 1.82) is 0 Å². The third-order valence-corrected chi connectivity index (χ3v) is 2.68. The largest absolute Gasteiger partial charge is 0.508 e. The van der Waals surface area contributed by atoms with Crippen LogP contribution in [0.3, 0.4) is 0 Å². The van der Waals surface area contributed by atoms with Crippen LogP contribution in [0.2, 0.25) is 0 Å². The molecule has 1 rings (SSSR count). The summed E-state index contributed by atoms with van der Waals surface area (Å²) in [6.07, 6.45) is 0.101. The zero-order chi connectivity index (χ0) is 15.3. The number of hydrogen-bond donors (Lipinski definition) is 3. The normalized spacial score (nSPS) is 12.8. The first-order chi connectivity index (χ1) is 9.17. The van der Waals surface area contributed by atoms with Crippen molar-refractivity contribution in [2.45, 2.75) is 45.8 Å². The molecular formula is C15H24N2O3. The lowest BCUT2D eigenvalue weighted by molar-refractivity contribution is 0.0524. The Labute approximate surface area is 120 Å². The van der Waals surface area contributed by atoms with Gasteiger partial charge in [0, 0.05) is 12.6 Å². The predicted molar refractivity (Wildman–Crippen MR) is 78.8 cm³/mol. The molecule has 1 amide bonds. The first-order valence-electron chi connectivity index (χ1n) is 6.68. The fourth-order valence-electron chi connectivity index (χ4n) is 1.69. The minimum atomic E-state index is -0.517. The number of rotatable bonds is 4. The van der Waals surface area contributed by atoms with Crippen LogP contribution in [0.1, 0.15) is 31.9 Å². The number of benzene rings is 1. The smallest absolute Gasteiger partial charge is 0.407 e. The van der Waals surface area contributed by atoms with Crippen molar-refractivity contribution < 1.29 is 14.6 Å². The molecule has 4 N–H and O–H groups in total. The number of amides is 1. The minimum absolute atomic E-state index is 0.232. The molecule has 0 saturated carbocycles. The van der Waals surface area contributed by atoms with Gasteiger partial charge in [-0.15, -0.1) is 0 Å². The Bertz CT molecular complexity index is 467.